The molecule has 3 aromatic rings. The maximum atomic E-state index is 12.7. The largest absolute Gasteiger partial charge is 0.865 e. The fourth-order valence-corrected chi connectivity index (χ4v) is 3.47. The van der Waals surface area contributed by atoms with E-state index in [1.807, 2.05) is 0 Å². The van der Waals surface area contributed by atoms with Gasteiger partial charge in [0.1, 0.15) is 11.6 Å². The minimum absolute atomic E-state index is 0.116. The van der Waals surface area contributed by atoms with Crippen LogP contribution < -0.4 is 15.4 Å². The highest BCUT2D eigenvalue weighted by atomic mass is 35.5. The first-order valence-electron chi connectivity index (χ1n) is 8.33. The molecule has 1 aliphatic heterocycles. The molecule has 142 valence electrons. The van der Waals surface area contributed by atoms with E-state index in [9.17, 15) is 20.0 Å². The van der Waals surface area contributed by atoms with Gasteiger partial charge in [-0.3, -0.25) is 19.5 Å². The lowest BCUT2D eigenvalue weighted by atomic mass is 10.1. The third-order valence-corrected chi connectivity index (χ3v) is 4.86. The molecule has 8 nitrogen and oxygen atoms in total. The highest BCUT2D eigenvalue weighted by Crippen LogP contribution is 2.36. The van der Waals surface area contributed by atoms with Crippen molar-refractivity contribution < 1.29 is 14.8 Å². The molecule has 0 unspecified atom stereocenters. The number of benzene rings is 2. The van der Waals surface area contributed by atoms with Crippen molar-refractivity contribution in [2.24, 2.45) is 0 Å². The molecule has 0 bridgehead atoms. The summed E-state index contributed by atoms with van der Waals surface area (Å²) in [5.74, 6) is -0.418. The SMILES string of the molecule is COc1cc(/C=C2\CCn3c2nc2cc(Cl)ccc2c3=O)cc([N+](=O)[O-])c1[O-]. The number of hydrogen-bond acceptors (Lipinski definition) is 6. The number of allylic oxidation sites excluding steroid dienone is 1. The molecule has 0 spiro atoms. The van der Waals surface area contributed by atoms with Crippen LogP contribution in [0.1, 0.15) is 17.8 Å². The molecule has 1 aliphatic rings. The third-order valence-electron chi connectivity index (χ3n) is 4.62. The first kappa shape index (κ1) is 18.0. The Morgan fingerprint density at radius 1 is 1.32 bits per heavy atom. The van der Waals surface area contributed by atoms with Gasteiger partial charge in [0, 0.05) is 23.4 Å². The van der Waals surface area contributed by atoms with Gasteiger partial charge in [0.05, 0.1) is 22.9 Å². The predicted molar refractivity (Wildman–Crippen MR) is 103 cm³/mol. The maximum Gasteiger partial charge on any atom is 0.266 e. The Balaban J connectivity index is 1.89. The molecule has 0 amide bonds. The number of halogens is 1. The number of ether oxygens (including phenoxy) is 1. The van der Waals surface area contributed by atoms with Crippen molar-refractivity contribution in [2.45, 2.75) is 13.0 Å². The van der Waals surface area contributed by atoms with Crippen molar-refractivity contribution in [3.63, 3.8) is 0 Å². The Labute approximate surface area is 163 Å². The van der Waals surface area contributed by atoms with Crippen LogP contribution in [0.2, 0.25) is 5.02 Å². The monoisotopic (exact) mass is 398 g/mol. The molecule has 4 rings (SSSR count). The van der Waals surface area contributed by atoms with Gasteiger partial charge >= 0.3 is 0 Å². The van der Waals surface area contributed by atoms with Gasteiger partial charge in [0.25, 0.3) is 11.2 Å². The van der Waals surface area contributed by atoms with Gasteiger partial charge in [-0.05, 0) is 47.9 Å². The summed E-state index contributed by atoms with van der Waals surface area (Å²) in [6.07, 6.45) is 2.21. The van der Waals surface area contributed by atoms with Gasteiger partial charge in [-0.2, -0.15) is 0 Å². The molecule has 28 heavy (non-hydrogen) atoms. The second-order valence-electron chi connectivity index (χ2n) is 6.30. The lowest BCUT2D eigenvalue weighted by Gasteiger charge is -2.13. The first-order chi connectivity index (χ1) is 13.4. The van der Waals surface area contributed by atoms with Crippen molar-refractivity contribution in [3.05, 3.63) is 67.2 Å². The highest BCUT2D eigenvalue weighted by Gasteiger charge is 2.22. The van der Waals surface area contributed by atoms with Gasteiger partial charge in [0.15, 0.2) is 0 Å². The molecular weight excluding hydrogens is 386 g/mol. The Hall–Kier alpha value is -3.39. The van der Waals surface area contributed by atoms with Crippen LogP contribution in [0.3, 0.4) is 0 Å². The molecule has 0 N–H and O–H groups in total. The van der Waals surface area contributed by atoms with E-state index in [0.29, 0.717) is 40.3 Å². The summed E-state index contributed by atoms with van der Waals surface area (Å²) in [4.78, 5) is 27.7. The zero-order chi connectivity index (χ0) is 20.0. The minimum Gasteiger partial charge on any atom is -0.865 e. The first-order valence-corrected chi connectivity index (χ1v) is 8.71. The average molecular weight is 399 g/mol. The van der Waals surface area contributed by atoms with E-state index >= 15 is 0 Å². The summed E-state index contributed by atoms with van der Waals surface area (Å²) < 4.78 is 6.53. The van der Waals surface area contributed by atoms with Crippen molar-refractivity contribution in [1.29, 1.82) is 0 Å². The normalized spacial score (nSPS) is 14.4. The molecule has 2 aromatic carbocycles. The van der Waals surface area contributed by atoms with Gasteiger partial charge < -0.3 is 9.84 Å². The summed E-state index contributed by atoms with van der Waals surface area (Å²) in [6, 6.07) is 7.53. The average Bonchev–Trinajstić information content (AvgIpc) is 3.05. The van der Waals surface area contributed by atoms with E-state index in [1.165, 1.54) is 19.2 Å². The summed E-state index contributed by atoms with van der Waals surface area (Å²) in [5, 5.41) is 24.1. The topological polar surface area (TPSA) is 110 Å². The van der Waals surface area contributed by atoms with Crippen LogP contribution in [0.5, 0.6) is 11.5 Å². The molecule has 0 saturated carbocycles. The van der Waals surface area contributed by atoms with Gasteiger partial charge in [-0.15, -0.1) is 0 Å². The lowest BCUT2D eigenvalue weighted by Crippen LogP contribution is -2.20. The van der Waals surface area contributed by atoms with E-state index in [1.54, 1.807) is 28.8 Å². The van der Waals surface area contributed by atoms with Crippen molar-refractivity contribution in [2.75, 3.05) is 7.11 Å². The zero-order valence-electron chi connectivity index (χ0n) is 14.6. The van der Waals surface area contributed by atoms with Crippen LogP contribution in [0, 0.1) is 10.1 Å². The molecule has 0 aliphatic carbocycles. The van der Waals surface area contributed by atoms with Crippen LogP contribution in [-0.4, -0.2) is 21.6 Å². The van der Waals surface area contributed by atoms with Gasteiger partial charge in [-0.25, -0.2) is 4.98 Å². The number of fused-ring (bicyclic) bond motifs is 2. The molecule has 0 atom stereocenters. The predicted octanol–water partition coefficient (Wildman–Crippen LogP) is 2.98. The van der Waals surface area contributed by atoms with Crippen LogP contribution in [-0.2, 0) is 6.54 Å². The highest BCUT2D eigenvalue weighted by molar-refractivity contribution is 6.31. The quantitative estimate of drug-likeness (QED) is 0.495. The second kappa shape index (κ2) is 6.65. The standard InChI is InChI=1S/C19H14ClN3O5/c1-28-16-8-10(7-15(17(16)24)23(26)27)6-11-4-5-22-18(11)21-14-9-12(20)2-3-13(14)19(22)25/h2-3,6-9,24H,4-5H2,1H3/p-1/b11-6+. The molecular formula is C19H13ClN3O5-. The summed E-state index contributed by atoms with van der Waals surface area (Å²) in [7, 11) is 1.28. The molecule has 1 aromatic heterocycles. The third kappa shape index (κ3) is 2.87. The van der Waals surface area contributed by atoms with Crippen molar-refractivity contribution in [3.8, 4) is 11.5 Å². The smallest absolute Gasteiger partial charge is 0.266 e. The van der Waals surface area contributed by atoms with E-state index in [-0.39, 0.29) is 11.3 Å². The van der Waals surface area contributed by atoms with E-state index < -0.39 is 16.4 Å². The van der Waals surface area contributed by atoms with E-state index in [4.69, 9.17) is 16.3 Å². The molecule has 0 radical (unpaired) electrons. The summed E-state index contributed by atoms with van der Waals surface area (Å²) in [6.45, 7) is 0.449. The minimum atomic E-state index is -0.781. The number of rotatable bonds is 3. The Morgan fingerprint density at radius 3 is 2.82 bits per heavy atom. The van der Waals surface area contributed by atoms with E-state index in [2.05, 4.69) is 4.98 Å². The summed E-state index contributed by atoms with van der Waals surface area (Å²) >= 11 is 6.01. The van der Waals surface area contributed by atoms with Crippen LogP contribution in [0.25, 0.3) is 22.6 Å². The molecule has 2 heterocycles. The number of nitrogens with zero attached hydrogens (tertiary/aromatic N) is 3. The fourth-order valence-electron chi connectivity index (χ4n) is 3.31. The molecule has 0 fully saturated rings. The summed E-state index contributed by atoms with van der Waals surface area (Å²) in [5.41, 5.74) is 0.898. The number of nitro benzene ring substituents is 1. The van der Waals surface area contributed by atoms with Gasteiger partial charge in [0.2, 0.25) is 0 Å². The molecule has 0 saturated heterocycles. The Kier molecular flexibility index (Phi) is 4.27. The zero-order valence-corrected chi connectivity index (χ0v) is 15.4. The fraction of sp³-hybridized carbons (Fsp3) is 0.158. The van der Waals surface area contributed by atoms with Crippen LogP contribution >= 0.6 is 11.6 Å². The Bertz CT molecular complexity index is 1230. The van der Waals surface area contributed by atoms with Crippen LogP contribution in [0.15, 0.2) is 35.1 Å². The Morgan fingerprint density at radius 2 is 2.11 bits per heavy atom. The van der Waals surface area contributed by atoms with Crippen molar-refractivity contribution in [1.82, 2.24) is 9.55 Å². The van der Waals surface area contributed by atoms with Crippen molar-refractivity contribution >= 4 is 39.8 Å². The number of hydrogen-bond donors (Lipinski definition) is 0. The number of nitro groups is 1. The number of methoxy groups -OCH3 is 1. The molecule has 9 heteroatoms. The second-order valence-corrected chi connectivity index (χ2v) is 6.74. The van der Waals surface area contributed by atoms with E-state index in [0.717, 1.165) is 5.57 Å². The maximum absolute atomic E-state index is 12.7. The number of aromatic nitrogens is 2. The van der Waals surface area contributed by atoms with Gasteiger partial charge in [-0.1, -0.05) is 11.6 Å². The van der Waals surface area contributed by atoms with Crippen LogP contribution in [0.4, 0.5) is 5.69 Å². The lowest BCUT2D eigenvalue weighted by molar-refractivity contribution is -0.398.